The van der Waals surface area contributed by atoms with E-state index in [0.29, 0.717) is 0 Å². The van der Waals surface area contributed by atoms with Gasteiger partial charge in [-0.1, -0.05) is 26.2 Å². The number of hydrogen-bond donors (Lipinski definition) is 2. The molecule has 0 atom stereocenters. The van der Waals surface area contributed by atoms with Crippen LogP contribution in [-0.4, -0.2) is 18.6 Å². The van der Waals surface area contributed by atoms with Crippen LogP contribution in [-0.2, 0) is 0 Å². The predicted octanol–water partition coefficient (Wildman–Crippen LogP) is 2.03. The third-order valence-electron chi connectivity index (χ3n) is 3.09. The fourth-order valence-electron chi connectivity index (χ4n) is 2.10. The minimum absolute atomic E-state index is 0.0382. The zero-order valence-electron chi connectivity index (χ0n) is 8.65. The highest BCUT2D eigenvalue weighted by molar-refractivity contribution is 5.74. The summed E-state index contributed by atoms with van der Waals surface area (Å²) >= 11 is 0. The maximum Gasteiger partial charge on any atom is 0.314 e. The van der Waals surface area contributed by atoms with Gasteiger partial charge in [-0.25, -0.2) is 4.79 Å². The van der Waals surface area contributed by atoms with Crippen molar-refractivity contribution in [3.8, 4) is 0 Å². The van der Waals surface area contributed by atoms with Crippen LogP contribution in [0.2, 0.25) is 0 Å². The Kier molecular flexibility index (Phi) is 3.58. The maximum atomic E-state index is 11.2. The van der Waals surface area contributed by atoms with E-state index in [1.54, 1.807) is 7.05 Å². The highest BCUT2D eigenvalue weighted by Gasteiger charge is 2.31. The highest BCUT2D eigenvalue weighted by Crippen LogP contribution is 2.30. The quantitative estimate of drug-likeness (QED) is 0.677. The Hall–Kier alpha value is -0.730. The molecule has 3 heteroatoms. The van der Waals surface area contributed by atoms with E-state index in [-0.39, 0.29) is 11.6 Å². The fraction of sp³-hybridized carbons (Fsp3) is 0.900. The Morgan fingerprint density at radius 2 is 1.92 bits per heavy atom. The molecule has 0 saturated heterocycles. The van der Waals surface area contributed by atoms with E-state index in [9.17, 15) is 4.79 Å². The van der Waals surface area contributed by atoms with E-state index in [0.717, 1.165) is 19.3 Å². The van der Waals surface area contributed by atoms with Gasteiger partial charge in [0.2, 0.25) is 0 Å². The molecule has 2 N–H and O–H groups in total. The molecule has 0 aromatic heterocycles. The summed E-state index contributed by atoms with van der Waals surface area (Å²) in [6.45, 7) is 2.15. The molecule has 1 aliphatic carbocycles. The summed E-state index contributed by atoms with van der Waals surface area (Å²) in [5.74, 6) is 0. The van der Waals surface area contributed by atoms with Crippen molar-refractivity contribution >= 4 is 6.03 Å². The lowest BCUT2D eigenvalue weighted by Gasteiger charge is -2.37. The average Bonchev–Trinajstić information content (AvgIpc) is 2.19. The van der Waals surface area contributed by atoms with Gasteiger partial charge in [0.1, 0.15) is 0 Å². The molecule has 0 spiro atoms. The molecule has 1 aliphatic rings. The first-order valence-electron chi connectivity index (χ1n) is 5.22. The summed E-state index contributed by atoms with van der Waals surface area (Å²) in [6, 6.07) is -0.0382. The standard InChI is InChI=1S/C10H20N2O/c1-3-10(12-9(13)11-2)7-5-4-6-8-10/h3-8H2,1-2H3,(H2,11,12,13). The van der Waals surface area contributed by atoms with Gasteiger partial charge in [0.15, 0.2) is 0 Å². The Balaban J connectivity index is 2.52. The van der Waals surface area contributed by atoms with Crippen molar-refractivity contribution in [2.24, 2.45) is 0 Å². The molecule has 1 rings (SSSR count). The second-order valence-electron chi connectivity index (χ2n) is 3.90. The van der Waals surface area contributed by atoms with Gasteiger partial charge in [0, 0.05) is 12.6 Å². The predicted molar refractivity (Wildman–Crippen MR) is 53.7 cm³/mol. The maximum absolute atomic E-state index is 11.2. The minimum Gasteiger partial charge on any atom is -0.341 e. The summed E-state index contributed by atoms with van der Waals surface area (Å²) < 4.78 is 0. The third-order valence-corrected chi connectivity index (χ3v) is 3.09. The van der Waals surface area contributed by atoms with E-state index >= 15 is 0 Å². The zero-order chi connectivity index (χ0) is 9.73. The summed E-state index contributed by atoms with van der Waals surface area (Å²) in [7, 11) is 1.67. The molecule has 0 aliphatic heterocycles. The van der Waals surface area contributed by atoms with Crippen LogP contribution >= 0.6 is 0 Å². The van der Waals surface area contributed by atoms with Crippen LogP contribution in [0.3, 0.4) is 0 Å². The molecule has 0 aromatic carbocycles. The van der Waals surface area contributed by atoms with Gasteiger partial charge in [-0.3, -0.25) is 0 Å². The van der Waals surface area contributed by atoms with Gasteiger partial charge in [-0.15, -0.1) is 0 Å². The van der Waals surface area contributed by atoms with Crippen molar-refractivity contribution in [2.75, 3.05) is 7.05 Å². The second-order valence-corrected chi connectivity index (χ2v) is 3.90. The highest BCUT2D eigenvalue weighted by atomic mass is 16.2. The number of urea groups is 1. The van der Waals surface area contributed by atoms with E-state index in [1.165, 1.54) is 19.3 Å². The lowest BCUT2D eigenvalue weighted by molar-refractivity contribution is 0.200. The SMILES string of the molecule is CCC1(NC(=O)NC)CCCCC1. The van der Waals surface area contributed by atoms with E-state index in [4.69, 9.17) is 0 Å². The van der Waals surface area contributed by atoms with Crippen molar-refractivity contribution in [1.29, 1.82) is 0 Å². The average molecular weight is 184 g/mol. The molecule has 1 saturated carbocycles. The van der Waals surface area contributed by atoms with E-state index in [2.05, 4.69) is 17.6 Å². The Bertz CT molecular complexity index is 174. The molecular formula is C10H20N2O. The molecule has 0 aromatic rings. The summed E-state index contributed by atoms with van der Waals surface area (Å²) in [5.41, 5.74) is 0.0817. The monoisotopic (exact) mass is 184 g/mol. The molecule has 0 radical (unpaired) electrons. The normalized spacial score (nSPS) is 20.8. The third kappa shape index (κ3) is 2.61. The van der Waals surface area contributed by atoms with Gasteiger partial charge in [-0.2, -0.15) is 0 Å². The molecule has 0 unspecified atom stereocenters. The Morgan fingerprint density at radius 1 is 1.31 bits per heavy atom. The van der Waals surface area contributed by atoms with Gasteiger partial charge in [-0.05, 0) is 19.3 Å². The molecular weight excluding hydrogens is 164 g/mol. The van der Waals surface area contributed by atoms with Crippen molar-refractivity contribution in [2.45, 2.75) is 51.0 Å². The Labute approximate surface area is 80.3 Å². The van der Waals surface area contributed by atoms with E-state index < -0.39 is 0 Å². The van der Waals surface area contributed by atoms with E-state index in [1.807, 2.05) is 0 Å². The number of hydrogen-bond acceptors (Lipinski definition) is 1. The molecule has 13 heavy (non-hydrogen) atoms. The molecule has 3 nitrogen and oxygen atoms in total. The van der Waals surface area contributed by atoms with Crippen molar-refractivity contribution in [3.63, 3.8) is 0 Å². The second kappa shape index (κ2) is 4.49. The smallest absolute Gasteiger partial charge is 0.314 e. The van der Waals surface area contributed by atoms with Crippen molar-refractivity contribution in [1.82, 2.24) is 10.6 Å². The topological polar surface area (TPSA) is 41.1 Å². The number of nitrogens with one attached hydrogen (secondary N) is 2. The van der Waals surface area contributed by atoms with Gasteiger partial charge in [0.25, 0.3) is 0 Å². The number of carbonyl (C=O) groups excluding carboxylic acids is 1. The summed E-state index contributed by atoms with van der Waals surface area (Å²) in [4.78, 5) is 11.2. The summed E-state index contributed by atoms with van der Waals surface area (Å²) in [6.07, 6.45) is 7.13. The first kappa shape index (κ1) is 10.4. The van der Waals surface area contributed by atoms with Crippen LogP contribution in [0.25, 0.3) is 0 Å². The molecule has 76 valence electrons. The van der Waals surface area contributed by atoms with Gasteiger partial charge < -0.3 is 10.6 Å². The van der Waals surface area contributed by atoms with Crippen LogP contribution in [0.15, 0.2) is 0 Å². The molecule has 0 heterocycles. The molecule has 0 bridgehead atoms. The van der Waals surface area contributed by atoms with Crippen LogP contribution in [0.5, 0.6) is 0 Å². The van der Waals surface area contributed by atoms with Gasteiger partial charge in [0.05, 0.1) is 0 Å². The van der Waals surface area contributed by atoms with Gasteiger partial charge >= 0.3 is 6.03 Å². The van der Waals surface area contributed by atoms with Crippen LogP contribution in [0, 0.1) is 0 Å². The van der Waals surface area contributed by atoms with Crippen molar-refractivity contribution in [3.05, 3.63) is 0 Å². The Morgan fingerprint density at radius 3 is 2.38 bits per heavy atom. The summed E-state index contributed by atoms with van der Waals surface area (Å²) in [5, 5.41) is 5.70. The fourth-order valence-corrected chi connectivity index (χ4v) is 2.10. The first-order valence-corrected chi connectivity index (χ1v) is 5.22. The first-order chi connectivity index (χ1) is 6.22. The lowest BCUT2D eigenvalue weighted by atomic mass is 9.80. The lowest BCUT2D eigenvalue weighted by Crippen LogP contribution is -2.52. The van der Waals surface area contributed by atoms with Crippen LogP contribution < -0.4 is 10.6 Å². The number of carbonyl (C=O) groups is 1. The largest absolute Gasteiger partial charge is 0.341 e. The molecule has 2 amide bonds. The van der Waals surface area contributed by atoms with Crippen LogP contribution in [0.1, 0.15) is 45.4 Å². The number of rotatable bonds is 2. The molecule has 1 fully saturated rings. The van der Waals surface area contributed by atoms with Crippen LogP contribution in [0.4, 0.5) is 4.79 Å². The van der Waals surface area contributed by atoms with Crippen molar-refractivity contribution < 1.29 is 4.79 Å². The zero-order valence-corrected chi connectivity index (χ0v) is 8.65. The minimum atomic E-state index is -0.0382. The number of amides is 2.